The maximum absolute atomic E-state index is 11.7. The lowest BCUT2D eigenvalue weighted by Gasteiger charge is -2.25. The smallest absolute Gasteiger partial charge is 0.326 e. The topological polar surface area (TPSA) is 138 Å². The van der Waals surface area contributed by atoms with Gasteiger partial charge in [-0.2, -0.15) is 5.26 Å². The molecule has 1 atom stereocenters. The third kappa shape index (κ3) is 6.68. The van der Waals surface area contributed by atoms with E-state index < -0.39 is 18.1 Å². The summed E-state index contributed by atoms with van der Waals surface area (Å²) in [5.41, 5.74) is 4.96. The number of nitrogens with zero attached hydrogens (tertiary/aromatic N) is 2. The van der Waals surface area contributed by atoms with E-state index in [0.717, 1.165) is 33.2 Å². The molecule has 0 radical (unpaired) electrons. The van der Waals surface area contributed by atoms with Crippen LogP contribution in [0.15, 0.2) is 83.7 Å². The number of fused-ring (bicyclic) bond motifs is 1. The fourth-order valence-corrected chi connectivity index (χ4v) is 4.91. The number of rotatable bonds is 12. The zero-order valence-corrected chi connectivity index (χ0v) is 24.9. The Balaban J connectivity index is 1.40. The van der Waals surface area contributed by atoms with Gasteiger partial charge in [0.15, 0.2) is 0 Å². The monoisotopic (exact) mass is 611 g/mol. The molecular weight excluding hydrogens is 582 g/mol. The summed E-state index contributed by atoms with van der Waals surface area (Å²) < 4.78 is 17.9. The number of nitriles is 1. The number of aliphatic hydroxyl groups is 1. The Morgan fingerprint density at radius 2 is 1.89 bits per heavy atom. The number of carboxylic acid groups (broad SMARTS) is 1. The van der Waals surface area contributed by atoms with Crippen molar-refractivity contribution in [3.05, 3.63) is 112 Å². The van der Waals surface area contributed by atoms with E-state index in [2.05, 4.69) is 28.5 Å². The second-order valence-electron chi connectivity index (χ2n) is 10.6. The van der Waals surface area contributed by atoms with Gasteiger partial charge in [-0.3, -0.25) is 15.1 Å². The molecule has 0 saturated carbocycles. The van der Waals surface area contributed by atoms with E-state index in [1.54, 1.807) is 30.7 Å². The minimum absolute atomic E-state index is 0.0380. The summed E-state index contributed by atoms with van der Waals surface area (Å²) in [7, 11) is 0. The lowest BCUT2D eigenvalue weighted by Crippen LogP contribution is -2.52. The van der Waals surface area contributed by atoms with Gasteiger partial charge in [0.1, 0.15) is 41.9 Å². The van der Waals surface area contributed by atoms with Crippen LogP contribution in [0, 0.1) is 18.3 Å². The highest BCUT2D eigenvalue weighted by atomic mass is 35.5. The maximum Gasteiger partial charge on any atom is 0.326 e. The molecule has 224 valence electrons. The number of aliphatic hydroxyl groups excluding tert-OH is 1. The molecule has 2 aromatic heterocycles. The normalized spacial score (nSPS) is 12.4. The van der Waals surface area contributed by atoms with Gasteiger partial charge < -0.3 is 24.1 Å². The average molecular weight is 612 g/mol. The van der Waals surface area contributed by atoms with Gasteiger partial charge in [-0.1, -0.05) is 41.9 Å². The molecule has 0 bridgehead atoms. The molecule has 0 fully saturated rings. The summed E-state index contributed by atoms with van der Waals surface area (Å²) in [6.07, 6.45) is 4.73. The van der Waals surface area contributed by atoms with Crippen molar-refractivity contribution < 1.29 is 28.9 Å². The van der Waals surface area contributed by atoms with Crippen molar-refractivity contribution >= 4 is 28.5 Å². The Hall–Kier alpha value is -4.88. The quantitative estimate of drug-likeness (QED) is 0.146. The Morgan fingerprint density at radius 3 is 2.66 bits per heavy atom. The van der Waals surface area contributed by atoms with Crippen LogP contribution in [0.4, 0.5) is 0 Å². The second kappa shape index (κ2) is 13.2. The number of aliphatic carboxylic acids is 1. The number of hydrogen-bond donors (Lipinski definition) is 3. The van der Waals surface area contributed by atoms with Crippen LogP contribution in [0.2, 0.25) is 5.02 Å². The first-order valence-corrected chi connectivity index (χ1v) is 14.2. The molecule has 5 aromatic rings. The molecule has 5 rings (SSSR count). The number of halogens is 1. The number of carboxylic acids is 1. The molecule has 1 unspecified atom stereocenters. The van der Waals surface area contributed by atoms with Gasteiger partial charge in [-0.05, 0) is 60.4 Å². The number of ether oxygens (including phenoxy) is 2. The van der Waals surface area contributed by atoms with E-state index in [-0.39, 0.29) is 19.8 Å². The van der Waals surface area contributed by atoms with Crippen LogP contribution < -0.4 is 14.8 Å². The molecule has 44 heavy (non-hydrogen) atoms. The molecule has 3 N–H and O–H groups in total. The van der Waals surface area contributed by atoms with E-state index in [1.807, 2.05) is 37.3 Å². The van der Waals surface area contributed by atoms with E-state index in [1.165, 1.54) is 13.1 Å². The van der Waals surface area contributed by atoms with E-state index in [9.17, 15) is 20.3 Å². The Labute approximate surface area is 259 Å². The number of furan rings is 1. The second-order valence-corrected chi connectivity index (χ2v) is 11.0. The van der Waals surface area contributed by atoms with Gasteiger partial charge in [-0.25, -0.2) is 0 Å². The molecule has 2 heterocycles. The molecule has 3 aromatic carbocycles. The molecule has 0 aliphatic carbocycles. The SMILES string of the molecule is Cc1c(COc2cc(OCc3cncc(C#N)c3)c(CNC(C)(CO)C(=O)O)cc2Cl)cccc1-c1ccc2ccoc2c1. The minimum Gasteiger partial charge on any atom is -0.488 e. The van der Waals surface area contributed by atoms with Crippen LogP contribution in [0.25, 0.3) is 22.1 Å². The summed E-state index contributed by atoms with van der Waals surface area (Å²) in [5.74, 6) is -0.434. The van der Waals surface area contributed by atoms with E-state index in [0.29, 0.717) is 33.2 Å². The first-order chi connectivity index (χ1) is 21.2. The molecule has 0 aliphatic rings. The predicted molar refractivity (Wildman–Crippen MR) is 165 cm³/mol. The molecule has 0 aliphatic heterocycles. The van der Waals surface area contributed by atoms with Crippen molar-refractivity contribution in [1.82, 2.24) is 10.3 Å². The molecule has 0 spiro atoms. The van der Waals surface area contributed by atoms with E-state index in [4.69, 9.17) is 25.5 Å². The molecule has 0 amide bonds. The highest BCUT2D eigenvalue weighted by Gasteiger charge is 2.32. The van der Waals surface area contributed by atoms with Gasteiger partial charge in [0.2, 0.25) is 0 Å². The Morgan fingerprint density at radius 1 is 1.07 bits per heavy atom. The minimum atomic E-state index is -1.58. The fraction of sp³-hybridized carbons (Fsp3) is 0.206. The van der Waals surface area contributed by atoms with Crippen molar-refractivity contribution in [2.24, 2.45) is 0 Å². The largest absolute Gasteiger partial charge is 0.488 e. The van der Waals surface area contributed by atoms with Gasteiger partial charge in [0.05, 0.1) is 23.5 Å². The van der Waals surface area contributed by atoms with Crippen molar-refractivity contribution in [2.75, 3.05) is 6.61 Å². The van der Waals surface area contributed by atoms with E-state index >= 15 is 0 Å². The number of benzene rings is 3. The maximum atomic E-state index is 11.7. The Bertz CT molecular complexity index is 1860. The van der Waals surface area contributed by atoms with Crippen LogP contribution in [-0.2, 0) is 24.6 Å². The van der Waals surface area contributed by atoms with Gasteiger partial charge >= 0.3 is 5.97 Å². The zero-order valence-electron chi connectivity index (χ0n) is 24.1. The third-order valence-electron chi connectivity index (χ3n) is 7.49. The highest BCUT2D eigenvalue weighted by Crippen LogP contribution is 2.35. The first-order valence-electron chi connectivity index (χ1n) is 13.8. The Kier molecular flexibility index (Phi) is 9.16. The number of pyridine rings is 1. The van der Waals surface area contributed by atoms with Gasteiger partial charge in [0, 0.05) is 41.5 Å². The lowest BCUT2D eigenvalue weighted by atomic mass is 9.96. The standard InChI is InChI=1S/C34H30ClN3O6/c1-21-26(4-3-5-28(21)25-7-6-24-8-9-42-30(24)12-25)19-44-32-13-31(43-18-23-10-22(14-36)15-37-16-23)27(11-29(32)35)17-38-34(2,20-39)33(40)41/h3-13,15-16,38-39H,17-20H2,1-2H3,(H,40,41). The van der Waals surface area contributed by atoms with Crippen molar-refractivity contribution in [3.63, 3.8) is 0 Å². The number of carbonyl (C=O) groups is 1. The molecular formula is C34H30ClN3O6. The predicted octanol–water partition coefficient (Wildman–Crippen LogP) is 6.41. The highest BCUT2D eigenvalue weighted by molar-refractivity contribution is 6.32. The van der Waals surface area contributed by atoms with Gasteiger partial charge in [0.25, 0.3) is 0 Å². The van der Waals surface area contributed by atoms with Crippen LogP contribution in [-0.4, -0.2) is 33.3 Å². The van der Waals surface area contributed by atoms with Crippen LogP contribution in [0.3, 0.4) is 0 Å². The van der Waals surface area contributed by atoms with Crippen molar-refractivity contribution in [2.45, 2.75) is 39.1 Å². The molecule has 0 saturated heterocycles. The molecule has 10 heteroatoms. The summed E-state index contributed by atoms with van der Waals surface area (Å²) in [5, 5.41) is 32.7. The average Bonchev–Trinajstić information content (AvgIpc) is 3.51. The number of hydrogen-bond acceptors (Lipinski definition) is 8. The third-order valence-corrected chi connectivity index (χ3v) is 7.78. The van der Waals surface area contributed by atoms with Crippen LogP contribution in [0.5, 0.6) is 11.5 Å². The van der Waals surface area contributed by atoms with Gasteiger partial charge in [-0.15, -0.1) is 0 Å². The van der Waals surface area contributed by atoms with Crippen LogP contribution in [0.1, 0.15) is 34.7 Å². The number of aromatic nitrogens is 1. The number of nitrogens with one attached hydrogen (secondary N) is 1. The first kappa shape index (κ1) is 30.6. The van der Waals surface area contributed by atoms with Crippen LogP contribution >= 0.6 is 11.6 Å². The summed E-state index contributed by atoms with van der Waals surface area (Å²) in [6.45, 7) is 3.17. The lowest BCUT2D eigenvalue weighted by molar-refractivity contribution is -0.145. The summed E-state index contributed by atoms with van der Waals surface area (Å²) in [6, 6.07) is 21.1. The zero-order chi connectivity index (χ0) is 31.3. The fourth-order valence-electron chi connectivity index (χ4n) is 4.67. The molecule has 9 nitrogen and oxygen atoms in total. The van der Waals surface area contributed by atoms with Crippen molar-refractivity contribution in [1.29, 1.82) is 5.26 Å². The van der Waals surface area contributed by atoms with Crippen molar-refractivity contribution in [3.8, 4) is 28.7 Å². The summed E-state index contributed by atoms with van der Waals surface area (Å²) >= 11 is 6.65. The summed E-state index contributed by atoms with van der Waals surface area (Å²) in [4.78, 5) is 15.8.